The lowest BCUT2D eigenvalue weighted by molar-refractivity contribution is 0.619. The van der Waals surface area contributed by atoms with Crippen molar-refractivity contribution in [1.29, 1.82) is 0 Å². The van der Waals surface area contributed by atoms with Crippen LogP contribution in [0, 0.1) is 0 Å². The Labute approximate surface area is 210 Å². The minimum absolute atomic E-state index is 0.811. The van der Waals surface area contributed by atoms with Gasteiger partial charge in [0.05, 0.1) is 11.0 Å². The van der Waals surface area contributed by atoms with Crippen LogP contribution in [0.2, 0.25) is 0 Å². The molecule has 0 atom stereocenters. The van der Waals surface area contributed by atoms with Gasteiger partial charge in [-0.15, -0.1) is 0 Å². The molecule has 0 aromatic heterocycles. The highest BCUT2D eigenvalue weighted by Crippen LogP contribution is 2.40. The van der Waals surface area contributed by atoms with Crippen LogP contribution in [0.15, 0.2) is 131 Å². The molecule has 3 heteroatoms. The Hall–Kier alpha value is -4.63. The van der Waals surface area contributed by atoms with Gasteiger partial charge in [0.2, 0.25) is 0 Å². The first-order chi connectivity index (χ1) is 17.8. The number of hydrogen-bond acceptors (Lipinski definition) is 3. The molecule has 0 spiro atoms. The van der Waals surface area contributed by atoms with Crippen LogP contribution in [-0.2, 0) is 6.42 Å². The Balaban J connectivity index is 1.55. The van der Waals surface area contributed by atoms with Crippen molar-refractivity contribution >= 4 is 28.0 Å². The van der Waals surface area contributed by atoms with Crippen molar-refractivity contribution in [3.63, 3.8) is 0 Å². The van der Waals surface area contributed by atoms with E-state index in [1.807, 2.05) is 54.6 Å². The fraction of sp³-hybridized carbons (Fsp3) is 0.0606. The van der Waals surface area contributed by atoms with Gasteiger partial charge in [0.1, 0.15) is 11.3 Å². The van der Waals surface area contributed by atoms with Crippen LogP contribution in [0.4, 0.5) is 17.1 Å². The number of aryl methyl sites for hydroxylation is 1. The van der Waals surface area contributed by atoms with Gasteiger partial charge < -0.3 is 9.73 Å². The summed E-state index contributed by atoms with van der Waals surface area (Å²) in [6, 6.07) is 41.6. The fourth-order valence-electron chi connectivity index (χ4n) is 4.58. The normalized spacial score (nSPS) is 11.8. The van der Waals surface area contributed by atoms with Gasteiger partial charge in [-0.05, 0) is 66.1 Å². The fourth-order valence-corrected chi connectivity index (χ4v) is 4.58. The maximum Gasteiger partial charge on any atom is 0.137 e. The maximum atomic E-state index is 6.51. The van der Waals surface area contributed by atoms with E-state index < -0.39 is 0 Å². The maximum absolute atomic E-state index is 6.51. The average molecular weight is 467 g/mol. The summed E-state index contributed by atoms with van der Waals surface area (Å²) in [6.45, 7) is 2.18. The Morgan fingerprint density at radius 2 is 1.44 bits per heavy atom. The number of nitrogens with one attached hydrogen (secondary N) is 1. The summed E-state index contributed by atoms with van der Waals surface area (Å²) in [5.41, 5.74) is 8.51. The number of benzene rings is 5. The molecule has 6 rings (SSSR count). The molecule has 174 valence electrons. The van der Waals surface area contributed by atoms with E-state index in [1.54, 1.807) is 0 Å². The van der Waals surface area contributed by atoms with Gasteiger partial charge in [-0.2, -0.15) is 0 Å². The molecule has 0 saturated heterocycles. The Bertz CT molecular complexity index is 1670. The zero-order valence-electron chi connectivity index (χ0n) is 20.1. The van der Waals surface area contributed by atoms with Gasteiger partial charge in [-0.1, -0.05) is 67.6 Å². The quantitative estimate of drug-likeness (QED) is 0.258. The van der Waals surface area contributed by atoms with Crippen molar-refractivity contribution < 1.29 is 4.42 Å². The van der Waals surface area contributed by atoms with Crippen LogP contribution < -0.4 is 10.7 Å². The molecule has 4 aromatic rings. The van der Waals surface area contributed by atoms with Crippen molar-refractivity contribution in [2.75, 3.05) is 5.32 Å². The number of rotatable bonds is 5. The Kier molecular flexibility index (Phi) is 5.80. The third-order valence-electron chi connectivity index (χ3n) is 6.43. The van der Waals surface area contributed by atoms with E-state index in [0.717, 1.165) is 51.1 Å². The van der Waals surface area contributed by atoms with E-state index in [1.165, 1.54) is 16.7 Å². The lowest BCUT2D eigenvalue weighted by Gasteiger charge is -2.16. The highest BCUT2D eigenvalue weighted by atomic mass is 16.3. The summed E-state index contributed by atoms with van der Waals surface area (Å²) in [5, 5.41) is 5.43. The average Bonchev–Trinajstić information content (AvgIpc) is 2.93. The van der Waals surface area contributed by atoms with Crippen LogP contribution in [0.5, 0.6) is 0 Å². The van der Waals surface area contributed by atoms with Crippen molar-refractivity contribution in [3.05, 3.63) is 132 Å². The summed E-state index contributed by atoms with van der Waals surface area (Å²) >= 11 is 0. The van der Waals surface area contributed by atoms with E-state index in [-0.39, 0.29) is 0 Å². The predicted octanol–water partition coefficient (Wildman–Crippen LogP) is 8.74. The molecular weight excluding hydrogens is 440 g/mol. The molecule has 0 unspecified atom stereocenters. The van der Waals surface area contributed by atoms with Gasteiger partial charge in [0.25, 0.3) is 0 Å². The first kappa shape index (κ1) is 21.9. The number of hydrogen-bond donors (Lipinski definition) is 1. The summed E-state index contributed by atoms with van der Waals surface area (Å²) in [4.78, 5) is 4.80. The molecule has 0 radical (unpaired) electrons. The van der Waals surface area contributed by atoms with E-state index in [0.29, 0.717) is 0 Å². The van der Waals surface area contributed by atoms with Crippen LogP contribution >= 0.6 is 0 Å². The highest BCUT2D eigenvalue weighted by Gasteiger charge is 2.17. The topological polar surface area (TPSA) is 37.5 Å². The van der Waals surface area contributed by atoms with Gasteiger partial charge in [-0.25, -0.2) is 4.99 Å². The lowest BCUT2D eigenvalue weighted by atomic mass is 9.93. The van der Waals surface area contributed by atoms with Crippen LogP contribution in [-0.4, -0.2) is 0 Å². The zero-order valence-corrected chi connectivity index (χ0v) is 20.1. The molecule has 1 aliphatic carbocycles. The van der Waals surface area contributed by atoms with Crippen molar-refractivity contribution in [3.8, 4) is 22.5 Å². The molecule has 0 amide bonds. The van der Waals surface area contributed by atoms with E-state index in [2.05, 4.69) is 79.0 Å². The highest BCUT2D eigenvalue weighted by molar-refractivity contribution is 6.02. The smallest absolute Gasteiger partial charge is 0.137 e. The molecule has 1 heterocycles. The molecule has 0 saturated carbocycles. The van der Waals surface area contributed by atoms with Gasteiger partial charge in [-0.3, -0.25) is 0 Å². The van der Waals surface area contributed by atoms with E-state index >= 15 is 0 Å². The summed E-state index contributed by atoms with van der Waals surface area (Å²) in [7, 11) is 0. The standard InChI is InChI=1S/C33H26N2O/c1-2-23-13-15-24(16-14-23)33-29-19-17-27(34-25-9-5-3-6-10-25)21-31(29)36-32-22-28(18-20-30(32)33)35-26-11-7-4-8-12-26/h3-22,34H,2H2,1H3/b35-28+. The molecule has 1 N–H and O–H groups in total. The summed E-state index contributed by atoms with van der Waals surface area (Å²) in [5.74, 6) is 0.811. The minimum atomic E-state index is 0.811. The zero-order chi connectivity index (χ0) is 24.3. The molecular formula is C33H26N2O. The van der Waals surface area contributed by atoms with Gasteiger partial charge in [0.15, 0.2) is 0 Å². The monoisotopic (exact) mass is 466 g/mol. The van der Waals surface area contributed by atoms with Crippen molar-refractivity contribution in [2.24, 2.45) is 4.99 Å². The van der Waals surface area contributed by atoms with Crippen LogP contribution in [0.3, 0.4) is 0 Å². The summed E-state index contributed by atoms with van der Waals surface area (Å²) in [6.07, 6.45) is 1.02. The first-order valence-corrected chi connectivity index (χ1v) is 12.3. The predicted molar refractivity (Wildman–Crippen MR) is 149 cm³/mol. The Morgan fingerprint density at radius 3 is 2.19 bits per heavy atom. The first-order valence-electron chi connectivity index (χ1n) is 12.3. The number of nitrogens with zero attached hydrogens (tertiary/aromatic N) is 1. The molecule has 1 aliphatic heterocycles. The molecule has 3 nitrogen and oxygen atoms in total. The van der Waals surface area contributed by atoms with Crippen LogP contribution in [0.25, 0.3) is 33.4 Å². The largest absolute Gasteiger partial charge is 0.456 e. The SMILES string of the molecule is CCc1ccc(-c2c3cc/c(=N\c4ccccc4)cc-3oc3cc(Nc4ccccc4)ccc23)cc1. The number of para-hydroxylation sites is 2. The molecule has 0 fully saturated rings. The van der Waals surface area contributed by atoms with Crippen molar-refractivity contribution in [2.45, 2.75) is 13.3 Å². The number of fused-ring (bicyclic) bond motifs is 2. The van der Waals surface area contributed by atoms with Crippen molar-refractivity contribution in [1.82, 2.24) is 0 Å². The Morgan fingerprint density at radius 1 is 0.694 bits per heavy atom. The molecule has 2 aliphatic rings. The third kappa shape index (κ3) is 4.39. The summed E-state index contributed by atoms with van der Waals surface area (Å²) < 4.78 is 6.51. The minimum Gasteiger partial charge on any atom is -0.456 e. The number of anilines is 2. The van der Waals surface area contributed by atoms with Crippen LogP contribution in [0.1, 0.15) is 12.5 Å². The van der Waals surface area contributed by atoms with Gasteiger partial charge >= 0.3 is 0 Å². The van der Waals surface area contributed by atoms with Gasteiger partial charge in [0, 0.05) is 40.0 Å². The van der Waals surface area contributed by atoms with E-state index in [9.17, 15) is 0 Å². The lowest BCUT2D eigenvalue weighted by Crippen LogP contribution is -2.02. The molecule has 4 aromatic carbocycles. The molecule has 0 bridgehead atoms. The van der Waals surface area contributed by atoms with E-state index in [4.69, 9.17) is 9.41 Å². The second kappa shape index (κ2) is 9.55. The third-order valence-corrected chi connectivity index (χ3v) is 6.43. The second-order valence-electron chi connectivity index (χ2n) is 8.86. The molecule has 36 heavy (non-hydrogen) atoms. The second-order valence-corrected chi connectivity index (χ2v) is 8.86.